The second-order valence-electron chi connectivity index (χ2n) is 2.59. The third-order valence-corrected chi connectivity index (χ3v) is 1.52. The quantitative estimate of drug-likeness (QED) is 0.558. The molecule has 1 aromatic rings. The molecule has 14 heavy (non-hydrogen) atoms. The lowest BCUT2D eigenvalue weighted by atomic mass is 10.3. The molecule has 0 saturated heterocycles. The van der Waals surface area contributed by atoms with Crippen molar-refractivity contribution >= 4 is 0 Å². The molecule has 0 aromatic carbocycles. The lowest BCUT2D eigenvalue weighted by Gasteiger charge is -2.05. The predicted molar refractivity (Wildman–Crippen MR) is 42.9 cm³/mol. The highest BCUT2D eigenvalue weighted by molar-refractivity contribution is 5.05. The highest BCUT2D eigenvalue weighted by atomic mass is 19.4. The van der Waals surface area contributed by atoms with Crippen LogP contribution in [0, 0.1) is 0 Å². The first-order valence-corrected chi connectivity index (χ1v) is 3.85. The molecule has 0 aliphatic heterocycles. The third-order valence-electron chi connectivity index (χ3n) is 1.52. The van der Waals surface area contributed by atoms with E-state index < -0.39 is 11.9 Å². The molecule has 0 amide bonds. The Morgan fingerprint density at radius 2 is 2.00 bits per heavy atom. The molecule has 7 heteroatoms. The number of rotatable bonds is 3. The molecule has 0 aliphatic rings. The van der Waals surface area contributed by atoms with E-state index in [9.17, 15) is 13.2 Å². The maximum Gasteiger partial charge on any atom is 0.434 e. The fraction of sp³-hybridized carbons (Fsp3) is 0.429. The summed E-state index contributed by atoms with van der Waals surface area (Å²) < 4.78 is 36.1. The summed E-state index contributed by atoms with van der Waals surface area (Å²) >= 11 is 0. The Bertz CT molecular complexity index is 282. The van der Waals surface area contributed by atoms with Gasteiger partial charge in [0.15, 0.2) is 5.69 Å². The van der Waals surface area contributed by atoms with Crippen molar-refractivity contribution in [2.24, 2.45) is 5.84 Å². The Morgan fingerprint density at radius 3 is 2.43 bits per heavy atom. The smallest absolute Gasteiger partial charge is 0.271 e. The SMILES string of the molecule is NNCCc1cnc(C(F)(F)F)cn1. The van der Waals surface area contributed by atoms with Crippen LogP contribution in [0.15, 0.2) is 12.4 Å². The van der Waals surface area contributed by atoms with Gasteiger partial charge in [0.1, 0.15) is 0 Å². The molecule has 3 N–H and O–H groups in total. The van der Waals surface area contributed by atoms with Crippen LogP contribution in [0.2, 0.25) is 0 Å². The lowest BCUT2D eigenvalue weighted by molar-refractivity contribution is -0.141. The van der Waals surface area contributed by atoms with Gasteiger partial charge in [-0.25, -0.2) is 4.98 Å². The van der Waals surface area contributed by atoms with E-state index in [4.69, 9.17) is 5.84 Å². The van der Waals surface area contributed by atoms with Crippen molar-refractivity contribution in [2.45, 2.75) is 12.6 Å². The molecule has 0 unspecified atom stereocenters. The molecule has 0 bridgehead atoms. The summed E-state index contributed by atoms with van der Waals surface area (Å²) in [6.07, 6.45) is -2.18. The zero-order valence-electron chi connectivity index (χ0n) is 7.17. The van der Waals surface area contributed by atoms with Gasteiger partial charge in [-0.3, -0.25) is 16.3 Å². The monoisotopic (exact) mass is 206 g/mol. The molecular formula is C7H9F3N4. The largest absolute Gasteiger partial charge is 0.434 e. The van der Waals surface area contributed by atoms with Crippen LogP contribution < -0.4 is 11.3 Å². The van der Waals surface area contributed by atoms with Gasteiger partial charge in [0.2, 0.25) is 0 Å². The van der Waals surface area contributed by atoms with Crippen LogP contribution in [-0.4, -0.2) is 16.5 Å². The summed E-state index contributed by atoms with van der Waals surface area (Å²) in [4.78, 5) is 6.85. The molecule has 0 atom stereocenters. The molecule has 0 fully saturated rings. The molecule has 0 spiro atoms. The molecule has 0 aliphatic carbocycles. The topological polar surface area (TPSA) is 63.8 Å². The van der Waals surface area contributed by atoms with Gasteiger partial charge in [-0.1, -0.05) is 0 Å². The van der Waals surface area contributed by atoms with Gasteiger partial charge in [-0.2, -0.15) is 13.2 Å². The number of hydrogen-bond acceptors (Lipinski definition) is 4. The average molecular weight is 206 g/mol. The highest BCUT2D eigenvalue weighted by Crippen LogP contribution is 2.26. The van der Waals surface area contributed by atoms with Crippen molar-refractivity contribution in [2.75, 3.05) is 6.54 Å². The van der Waals surface area contributed by atoms with Crippen molar-refractivity contribution < 1.29 is 13.2 Å². The van der Waals surface area contributed by atoms with Gasteiger partial charge in [0, 0.05) is 19.2 Å². The summed E-state index contributed by atoms with van der Waals surface area (Å²) in [6.45, 7) is 0.444. The van der Waals surface area contributed by atoms with Crippen LogP contribution in [0.3, 0.4) is 0 Å². The summed E-state index contributed by atoms with van der Waals surface area (Å²) in [5.41, 5.74) is 1.86. The zero-order chi connectivity index (χ0) is 10.6. The highest BCUT2D eigenvalue weighted by Gasteiger charge is 2.32. The number of halogens is 3. The number of nitrogens with zero attached hydrogens (tertiary/aromatic N) is 2. The molecule has 78 valence electrons. The van der Waals surface area contributed by atoms with Crippen LogP contribution in [0.1, 0.15) is 11.4 Å². The number of hydrogen-bond donors (Lipinski definition) is 2. The van der Waals surface area contributed by atoms with Gasteiger partial charge in [-0.05, 0) is 0 Å². The van der Waals surface area contributed by atoms with E-state index in [1.807, 2.05) is 0 Å². The first-order chi connectivity index (χ1) is 6.54. The number of hydrazine groups is 1. The van der Waals surface area contributed by atoms with Crippen molar-refractivity contribution in [3.05, 3.63) is 23.8 Å². The second-order valence-corrected chi connectivity index (χ2v) is 2.59. The first-order valence-electron chi connectivity index (χ1n) is 3.85. The van der Waals surface area contributed by atoms with Gasteiger partial charge in [-0.15, -0.1) is 0 Å². The summed E-state index contributed by atoms with van der Waals surface area (Å²) in [6, 6.07) is 0. The standard InChI is InChI=1S/C7H9F3N4/c8-7(9,10)6-4-12-5(3-13-6)1-2-14-11/h3-4,14H,1-2,11H2. The fourth-order valence-electron chi connectivity index (χ4n) is 0.830. The maximum absolute atomic E-state index is 12.0. The number of nitrogens with two attached hydrogens (primary N) is 1. The number of nitrogens with one attached hydrogen (secondary N) is 1. The van der Waals surface area contributed by atoms with Gasteiger partial charge >= 0.3 is 6.18 Å². The third kappa shape index (κ3) is 2.93. The Balaban J connectivity index is 2.69. The van der Waals surface area contributed by atoms with E-state index in [0.29, 0.717) is 24.9 Å². The van der Waals surface area contributed by atoms with E-state index in [1.165, 1.54) is 0 Å². The first kappa shape index (κ1) is 10.9. The Kier molecular flexibility index (Phi) is 3.37. The maximum atomic E-state index is 12.0. The molecule has 0 saturated carbocycles. The average Bonchev–Trinajstić information content (AvgIpc) is 2.14. The Morgan fingerprint density at radius 1 is 1.29 bits per heavy atom. The van der Waals surface area contributed by atoms with Crippen LogP contribution in [-0.2, 0) is 12.6 Å². The normalized spacial score (nSPS) is 11.7. The Labute approximate surface area is 78.3 Å². The van der Waals surface area contributed by atoms with Crippen molar-refractivity contribution in [1.29, 1.82) is 0 Å². The summed E-state index contributed by atoms with van der Waals surface area (Å²) in [5.74, 6) is 5.00. The molecular weight excluding hydrogens is 197 g/mol. The van der Waals surface area contributed by atoms with Crippen LogP contribution in [0.5, 0.6) is 0 Å². The predicted octanol–water partition coefficient (Wildman–Crippen LogP) is 0.501. The summed E-state index contributed by atoms with van der Waals surface area (Å²) in [7, 11) is 0. The zero-order valence-corrected chi connectivity index (χ0v) is 7.17. The van der Waals surface area contributed by atoms with Crippen molar-refractivity contribution in [1.82, 2.24) is 15.4 Å². The fourth-order valence-corrected chi connectivity index (χ4v) is 0.830. The van der Waals surface area contributed by atoms with E-state index in [1.54, 1.807) is 0 Å². The number of aromatic nitrogens is 2. The van der Waals surface area contributed by atoms with E-state index in [2.05, 4.69) is 15.4 Å². The molecule has 4 nitrogen and oxygen atoms in total. The summed E-state index contributed by atoms with van der Waals surface area (Å²) in [5, 5.41) is 0. The van der Waals surface area contributed by atoms with Crippen molar-refractivity contribution in [3.8, 4) is 0 Å². The molecule has 1 rings (SSSR count). The lowest BCUT2D eigenvalue weighted by Crippen LogP contribution is -2.24. The molecule has 0 radical (unpaired) electrons. The van der Waals surface area contributed by atoms with Gasteiger partial charge in [0.05, 0.1) is 11.9 Å². The van der Waals surface area contributed by atoms with Crippen LogP contribution >= 0.6 is 0 Å². The minimum Gasteiger partial charge on any atom is -0.271 e. The van der Waals surface area contributed by atoms with Crippen LogP contribution in [0.4, 0.5) is 13.2 Å². The van der Waals surface area contributed by atoms with Gasteiger partial charge < -0.3 is 0 Å². The second kappa shape index (κ2) is 4.34. The Hall–Kier alpha value is -1.21. The van der Waals surface area contributed by atoms with E-state index in [0.717, 1.165) is 6.20 Å². The van der Waals surface area contributed by atoms with Gasteiger partial charge in [0.25, 0.3) is 0 Å². The minimum absolute atomic E-state index is 0.444. The van der Waals surface area contributed by atoms with Crippen LogP contribution in [0.25, 0.3) is 0 Å². The van der Waals surface area contributed by atoms with E-state index in [-0.39, 0.29) is 0 Å². The van der Waals surface area contributed by atoms with E-state index >= 15 is 0 Å². The molecule has 1 heterocycles. The molecule has 1 aromatic heterocycles. The number of alkyl halides is 3. The van der Waals surface area contributed by atoms with Crippen molar-refractivity contribution in [3.63, 3.8) is 0 Å². The minimum atomic E-state index is -4.43.